The summed E-state index contributed by atoms with van der Waals surface area (Å²) in [5, 5.41) is 17.0. The molecule has 0 radical (unpaired) electrons. The molecular formula is C31H40N6OSi. The first-order valence-electron chi connectivity index (χ1n) is 14.1. The Morgan fingerprint density at radius 3 is 2.69 bits per heavy atom. The van der Waals surface area contributed by atoms with Crippen LogP contribution in [0.2, 0.25) is 18.1 Å². The molecule has 1 aromatic carbocycles. The van der Waals surface area contributed by atoms with Gasteiger partial charge in [0.2, 0.25) is 5.95 Å². The zero-order chi connectivity index (χ0) is 27.8. The molecule has 3 aromatic rings. The molecule has 1 fully saturated rings. The van der Waals surface area contributed by atoms with Crippen molar-refractivity contribution in [3.05, 3.63) is 59.0 Å². The summed E-state index contributed by atoms with van der Waals surface area (Å²) in [5.74, 6) is 1.57. The zero-order valence-corrected chi connectivity index (χ0v) is 25.1. The SMILES string of the molecule is Cc1cnc(CCC2CC2)c(Nc2nccc(-c3cc(C#N)c4c(c3)C(CO[Si](C)(C)C(C)(C)C)CN4)n2)c1. The average molecular weight is 541 g/mol. The van der Waals surface area contributed by atoms with E-state index in [0.717, 1.165) is 58.3 Å². The van der Waals surface area contributed by atoms with Crippen LogP contribution < -0.4 is 10.6 Å². The monoisotopic (exact) mass is 540 g/mol. The lowest BCUT2D eigenvalue weighted by Gasteiger charge is -2.37. The maximum absolute atomic E-state index is 9.96. The second-order valence-electron chi connectivity index (χ2n) is 12.6. The number of aromatic nitrogens is 3. The molecule has 0 spiro atoms. The molecule has 1 aliphatic heterocycles. The fraction of sp³-hybridized carbons (Fsp3) is 0.484. The van der Waals surface area contributed by atoms with Crippen LogP contribution in [-0.2, 0) is 10.8 Å². The van der Waals surface area contributed by atoms with Gasteiger partial charge < -0.3 is 15.1 Å². The Bertz CT molecular complexity index is 1400. The first-order valence-corrected chi connectivity index (χ1v) is 17.0. The number of aryl methyl sites for hydroxylation is 2. The predicted molar refractivity (Wildman–Crippen MR) is 160 cm³/mol. The summed E-state index contributed by atoms with van der Waals surface area (Å²) < 4.78 is 6.57. The van der Waals surface area contributed by atoms with Gasteiger partial charge >= 0.3 is 0 Å². The van der Waals surface area contributed by atoms with E-state index in [1.54, 1.807) is 6.20 Å². The van der Waals surface area contributed by atoms with Crippen LogP contribution in [0.1, 0.15) is 68.3 Å². The summed E-state index contributed by atoms with van der Waals surface area (Å²) in [6.45, 7) is 14.8. The van der Waals surface area contributed by atoms with Crippen LogP contribution >= 0.6 is 0 Å². The number of hydrogen-bond acceptors (Lipinski definition) is 7. The van der Waals surface area contributed by atoms with Crippen molar-refractivity contribution >= 4 is 25.6 Å². The number of rotatable bonds is 9. The number of nitriles is 1. The molecule has 5 rings (SSSR count). The highest BCUT2D eigenvalue weighted by Crippen LogP contribution is 2.41. The minimum Gasteiger partial charge on any atom is -0.416 e. The van der Waals surface area contributed by atoms with Crippen LogP contribution in [0, 0.1) is 24.2 Å². The molecular weight excluding hydrogens is 500 g/mol. The Balaban J connectivity index is 1.40. The van der Waals surface area contributed by atoms with E-state index in [1.165, 1.54) is 19.3 Å². The summed E-state index contributed by atoms with van der Waals surface area (Å²) in [5.41, 5.74) is 7.49. The second-order valence-corrected chi connectivity index (χ2v) is 17.4. The number of nitrogens with one attached hydrogen (secondary N) is 2. The average Bonchev–Trinajstić information content (AvgIpc) is 3.63. The van der Waals surface area contributed by atoms with E-state index < -0.39 is 8.32 Å². The molecule has 2 aliphatic rings. The summed E-state index contributed by atoms with van der Waals surface area (Å²) in [6, 6.07) is 10.5. The number of hydrogen-bond donors (Lipinski definition) is 2. The van der Waals surface area contributed by atoms with Gasteiger partial charge in [0, 0.05) is 37.0 Å². The number of fused-ring (bicyclic) bond motifs is 1. The van der Waals surface area contributed by atoms with Gasteiger partial charge in [-0.1, -0.05) is 33.6 Å². The van der Waals surface area contributed by atoms with Crippen molar-refractivity contribution in [2.24, 2.45) is 5.92 Å². The Labute approximate surface area is 233 Å². The van der Waals surface area contributed by atoms with Crippen molar-refractivity contribution in [3.8, 4) is 17.3 Å². The highest BCUT2D eigenvalue weighted by molar-refractivity contribution is 6.74. The van der Waals surface area contributed by atoms with E-state index in [9.17, 15) is 5.26 Å². The lowest BCUT2D eigenvalue weighted by atomic mass is 9.96. The molecule has 0 amide bonds. The van der Waals surface area contributed by atoms with E-state index in [4.69, 9.17) is 14.4 Å². The topological polar surface area (TPSA) is 95.8 Å². The van der Waals surface area contributed by atoms with Crippen molar-refractivity contribution in [1.82, 2.24) is 15.0 Å². The molecule has 1 aliphatic carbocycles. The quantitative estimate of drug-likeness (QED) is 0.274. The van der Waals surface area contributed by atoms with E-state index in [0.29, 0.717) is 18.1 Å². The number of benzene rings is 1. The Kier molecular flexibility index (Phi) is 7.49. The number of anilines is 3. The summed E-state index contributed by atoms with van der Waals surface area (Å²) in [7, 11) is -1.88. The van der Waals surface area contributed by atoms with Crippen LogP contribution in [0.3, 0.4) is 0 Å². The van der Waals surface area contributed by atoms with E-state index in [2.05, 4.69) is 67.7 Å². The summed E-state index contributed by atoms with van der Waals surface area (Å²) in [4.78, 5) is 14.1. The molecule has 7 nitrogen and oxygen atoms in total. The molecule has 1 saturated carbocycles. The number of pyridine rings is 1. The van der Waals surface area contributed by atoms with Gasteiger partial charge in [-0.3, -0.25) is 4.98 Å². The van der Waals surface area contributed by atoms with Crippen molar-refractivity contribution in [1.29, 1.82) is 5.26 Å². The molecule has 204 valence electrons. The van der Waals surface area contributed by atoms with Crippen LogP contribution in [0.25, 0.3) is 11.3 Å². The maximum Gasteiger partial charge on any atom is 0.227 e. The second kappa shape index (κ2) is 10.7. The largest absolute Gasteiger partial charge is 0.416 e. The van der Waals surface area contributed by atoms with Gasteiger partial charge in [0.15, 0.2) is 8.32 Å². The highest BCUT2D eigenvalue weighted by atomic mass is 28.4. The van der Waals surface area contributed by atoms with Gasteiger partial charge in [-0.25, -0.2) is 9.97 Å². The van der Waals surface area contributed by atoms with Crippen molar-refractivity contribution in [3.63, 3.8) is 0 Å². The summed E-state index contributed by atoms with van der Waals surface area (Å²) >= 11 is 0. The lowest BCUT2D eigenvalue weighted by molar-refractivity contribution is 0.269. The van der Waals surface area contributed by atoms with Crippen molar-refractivity contribution < 1.29 is 4.43 Å². The normalized spacial score (nSPS) is 16.9. The van der Waals surface area contributed by atoms with Gasteiger partial charge in [-0.2, -0.15) is 5.26 Å². The molecule has 3 heterocycles. The molecule has 2 aromatic heterocycles. The van der Waals surface area contributed by atoms with Crippen LogP contribution in [0.5, 0.6) is 0 Å². The Hall–Kier alpha value is -3.28. The first-order chi connectivity index (χ1) is 18.5. The van der Waals surface area contributed by atoms with Gasteiger partial charge in [0.05, 0.1) is 28.3 Å². The van der Waals surface area contributed by atoms with E-state index >= 15 is 0 Å². The molecule has 0 bridgehead atoms. The van der Waals surface area contributed by atoms with Crippen molar-refractivity contribution in [2.75, 3.05) is 23.8 Å². The molecule has 0 saturated heterocycles. The van der Waals surface area contributed by atoms with Gasteiger partial charge in [-0.05, 0) is 79.2 Å². The fourth-order valence-corrected chi connectivity index (χ4v) is 5.83. The van der Waals surface area contributed by atoms with E-state index in [-0.39, 0.29) is 11.0 Å². The lowest BCUT2D eigenvalue weighted by Crippen LogP contribution is -2.41. The standard InChI is InChI=1S/C31H40N6OSi/c1-20-13-28(27(34-17-20)10-9-21-7-8-21)37-30-33-12-11-26(36-30)22-14-23(16-32)29-25(15-22)24(18-35-29)19-38-39(5,6)31(2,3)4/h11-15,17,21,24,35H,7-10,18-19H2,1-6H3,(H,33,36,37). The van der Waals surface area contributed by atoms with Crippen molar-refractivity contribution in [2.45, 2.75) is 77.4 Å². The minimum atomic E-state index is -1.88. The summed E-state index contributed by atoms with van der Waals surface area (Å²) in [6.07, 6.45) is 8.50. The smallest absolute Gasteiger partial charge is 0.227 e. The third-order valence-electron chi connectivity index (χ3n) is 8.50. The Morgan fingerprint density at radius 2 is 1.97 bits per heavy atom. The van der Waals surface area contributed by atoms with Gasteiger partial charge in [0.25, 0.3) is 0 Å². The van der Waals surface area contributed by atoms with E-state index in [1.807, 2.05) is 25.3 Å². The third kappa shape index (κ3) is 6.15. The molecule has 39 heavy (non-hydrogen) atoms. The zero-order valence-electron chi connectivity index (χ0n) is 24.1. The van der Waals surface area contributed by atoms with Gasteiger partial charge in [-0.15, -0.1) is 0 Å². The van der Waals surface area contributed by atoms with Gasteiger partial charge in [0.1, 0.15) is 6.07 Å². The molecule has 2 N–H and O–H groups in total. The van der Waals surface area contributed by atoms with Crippen LogP contribution in [0.15, 0.2) is 36.7 Å². The fourth-order valence-electron chi connectivity index (χ4n) is 4.78. The third-order valence-corrected chi connectivity index (χ3v) is 13.0. The highest BCUT2D eigenvalue weighted by Gasteiger charge is 2.38. The predicted octanol–water partition coefficient (Wildman–Crippen LogP) is 7.34. The maximum atomic E-state index is 9.96. The van der Waals surface area contributed by atoms with Crippen LogP contribution in [-0.4, -0.2) is 36.4 Å². The molecule has 8 heteroatoms. The molecule has 1 unspecified atom stereocenters. The first kappa shape index (κ1) is 27.3. The minimum absolute atomic E-state index is 0.149. The van der Waals surface area contributed by atoms with Crippen LogP contribution in [0.4, 0.5) is 17.3 Å². The molecule has 1 atom stereocenters. The Morgan fingerprint density at radius 1 is 1.18 bits per heavy atom. The number of nitrogens with zero attached hydrogens (tertiary/aromatic N) is 4.